The van der Waals surface area contributed by atoms with Crippen LogP contribution in [-0.2, 0) is 9.59 Å². The van der Waals surface area contributed by atoms with Crippen molar-refractivity contribution in [2.75, 3.05) is 0 Å². The number of phenols is 2. The van der Waals surface area contributed by atoms with Gasteiger partial charge in [0.15, 0.2) is 0 Å². The molecular weight excluding hydrogens is 340 g/mol. The molecule has 10 heteroatoms. The Labute approximate surface area is 126 Å². The molecule has 0 heterocycles. The first-order valence-corrected chi connectivity index (χ1v) is 5.91. The van der Waals surface area contributed by atoms with Crippen molar-refractivity contribution >= 4 is 34.4 Å². The summed E-state index contributed by atoms with van der Waals surface area (Å²) in [6, 6.07) is 4.23. The van der Waals surface area contributed by atoms with Crippen molar-refractivity contribution < 1.29 is 38.1 Å². The molecule has 0 saturated carbocycles. The molecule has 1 atom stereocenters. The molecule has 0 aliphatic heterocycles. The summed E-state index contributed by atoms with van der Waals surface area (Å²) >= 11 is 10.9. The normalized spacial score (nSPS) is 12.0. The fraction of sp³-hybridized carbons (Fsp3) is 0.273. The third-order valence-electron chi connectivity index (χ3n) is 1.96. The number of benzene rings is 1. The third kappa shape index (κ3) is 7.05. The highest BCUT2D eigenvalue weighted by molar-refractivity contribution is 6.63. The van der Waals surface area contributed by atoms with Gasteiger partial charge in [-0.2, -0.15) is 13.2 Å². The van der Waals surface area contributed by atoms with Gasteiger partial charge in [-0.05, 0) is 23.7 Å². The molecule has 0 fully saturated rings. The monoisotopic (exact) mass is 348 g/mol. The average Bonchev–Trinajstić information content (AvgIpc) is 2.26. The average molecular weight is 349 g/mol. The number of hydrogen-bond donors (Lipinski definition) is 3. The van der Waals surface area contributed by atoms with Crippen LogP contribution in [0.25, 0.3) is 0 Å². The second-order valence-corrected chi connectivity index (χ2v) is 4.49. The van der Waals surface area contributed by atoms with Crippen molar-refractivity contribution in [1.29, 1.82) is 0 Å². The Kier molecular flexibility index (Phi) is 7.31. The van der Waals surface area contributed by atoms with Gasteiger partial charge in [-0.15, -0.1) is 11.6 Å². The first-order chi connectivity index (χ1) is 9.46. The minimum absolute atomic E-state index is 0.128. The summed E-state index contributed by atoms with van der Waals surface area (Å²) in [7, 11) is 0. The maximum atomic E-state index is 10.6. The molecule has 0 bridgehead atoms. The molecule has 118 valence electrons. The quantitative estimate of drug-likeness (QED) is 0.576. The lowest BCUT2D eigenvalue weighted by molar-refractivity contribution is -0.192. The number of carbonyl (C=O) groups excluding carboxylic acids is 1. The van der Waals surface area contributed by atoms with Gasteiger partial charge in [-0.25, -0.2) is 4.79 Å². The lowest BCUT2D eigenvalue weighted by atomic mass is 10.1. The van der Waals surface area contributed by atoms with Crippen LogP contribution >= 0.6 is 23.2 Å². The Morgan fingerprint density at radius 1 is 1.19 bits per heavy atom. The molecule has 0 spiro atoms. The number of carboxylic acid groups (broad SMARTS) is 1. The minimum atomic E-state index is -5.08. The van der Waals surface area contributed by atoms with Crippen LogP contribution in [0.5, 0.6) is 11.5 Å². The molecule has 0 aromatic heterocycles. The predicted molar refractivity (Wildman–Crippen MR) is 67.5 cm³/mol. The summed E-state index contributed by atoms with van der Waals surface area (Å²) in [6.45, 7) is 0. The zero-order valence-electron chi connectivity index (χ0n) is 10.1. The van der Waals surface area contributed by atoms with E-state index in [9.17, 15) is 28.2 Å². The van der Waals surface area contributed by atoms with Gasteiger partial charge in [0, 0.05) is 6.42 Å². The number of hydrogen-bond acceptors (Lipinski definition) is 4. The number of aliphatic carboxylic acids is 1. The lowest BCUT2D eigenvalue weighted by Crippen LogP contribution is -2.21. The minimum Gasteiger partial charge on any atom is -0.507 e. The summed E-state index contributed by atoms with van der Waals surface area (Å²) in [5.41, 5.74) is 0.128. The van der Waals surface area contributed by atoms with E-state index in [0.717, 1.165) is 0 Å². The Hall–Kier alpha value is -1.67. The molecule has 0 amide bonds. The van der Waals surface area contributed by atoms with E-state index >= 15 is 0 Å². The molecular formula is C11H9Cl2F3O5. The van der Waals surface area contributed by atoms with E-state index < -0.39 is 22.8 Å². The van der Waals surface area contributed by atoms with E-state index in [2.05, 4.69) is 0 Å². The van der Waals surface area contributed by atoms with Crippen LogP contribution in [0.2, 0.25) is 0 Å². The fourth-order valence-electron chi connectivity index (χ4n) is 1.11. The maximum Gasteiger partial charge on any atom is 0.490 e. The number of alkyl halides is 4. The van der Waals surface area contributed by atoms with Gasteiger partial charge in [0.2, 0.25) is 5.24 Å². The van der Waals surface area contributed by atoms with E-state index in [1.807, 2.05) is 0 Å². The highest BCUT2D eigenvalue weighted by Crippen LogP contribution is 2.38. The smallest absolute Gasteiger partial charge is 0.490 e. The summed E-state index contributed by atoms with van der Waals surface area (Å²) in [6.07, 6.45) is -5.23. The van der Waals surface area contributed by atoms with Crippen LogP contribution in [0.3, 0.4) is 0 Å². The number of carbonyl (C=O) groups is 2. The molecule has 21 heavy (non-hydrogen) atoms. The van der Waals surface area contributed by atoms with Gasteiger partial charge >= 0.3 is 12.1 Å². The van der Waals surface area contributed by atoms with Gasteiger partial charge in [0.05, 0.1) is 10.9 Å². The van der Waals surface area contributed by atoms with Crippen LogP contribution in [0.15, 0.2) is 18.2 Å². The SMILES string of the molecule is O=C(Cl)CC(Cl)c1c(O)cccc1O.O=C(O)C(F)(F)F. The number of rotatable bonds is 3. The summed E-state index contributed by atoms with van der Waals surface area (Å²) in [5, 5.41) is 24.4. The molecule has 0 aliphatic carbocycles. The second-order valence-electron chi connectivity index (χ2n) is 3.54. The molecule has 1 aromatic rings. The third-order valence-corrected chi connectivity index (χ3v) is 2.48. The Morgan fingerprint density at radius 3 is 1.86 bits per heavy atom. The molecule has 0 saturated heterocycles. The molecule has 0 aliphatic rings. The van der Waals surface area contributed by atoms with Gasteiger partial charge in [-0.1, -0.05) is 6.07 Å². The zero-order chi connectivity index (χ0) is 16.8. The Morgan fingerprint density at radius 2 is 1.57 bits per heavy atom. The van der Waals surface area contributed by atoms with Crippen molar-refractivity contribution in [3.63, 3.8) is 0 Å². The number of halogens is 5. The van der Waals surface area contributed by atoms with Crippen molar-refractivity contribution in [3.05, 3.63) is 23.8 Å². The van der Waals surface area contributed by atoms with E-state index in [1.165, 1.54) is 18.2 Å². The number of phenolic OH excluding ortho intramolecular Hbond substituents is 2. The van der Waals surface area contributed by atoms with E-state index in [4.69, 9.17) is 33.1 Å². The number of aromatic hydroxyl groups is 2. The standard InChI is InChI=1S/C9H8Cl2O3.C2HF3O2/c10-5(4-8(11)14)9-6(12)2-1-3-7(9)13;3-2(4,5)1(6)7/h1-3,5,12-13H,4H2;(H,6,7). The molecule has 1 rings (SSSR count). The van der Waals surface area contributed by atoms with Crippen LogP contribution < -0.4 is 0 Å². The highest BCUT2D eigenvalue weighted by atomic mass is 35.5. The topological polar surface area (TPSA) is 94.8 Å². The summed E-state index contributed by atoms with van der Waals surface area (Å²) in [4.78, 5) is 19.5. The fourth-order valence-corrected chi connectivity index (χ4v) is 1.70. The van der Waals surface area contributed by atoms with E-state index in [1.54, 1.807) is 0 Å². The number of carboxylic acids is 1. The van der Waals surface area contributed by atoms with Gasteiger partial charge in [-0.3, -0.25) is 4.79 Å². The molecule has 0 radical (unpaired) electrons. The molecule has 1 unspecified atom stereocenters. The first-order valence-electron chi connectivity index (χ1n) is 5.10. The van der Waals surface area contributed by atoms with Crippen LogP contribution in [0.1, 0.15) is 17.4 Å². The Balaban J connectivity index is 0.000000486. The van der Waals surface area contributed by atoms with Crippen molar-refractivity contribution in [2.45, 2.75) is 18.0 Å². The van der Waals surface area contributed by atoms with Gasteiger partial charge < -0.3 is 15.3 Å². The highest BCUT2D eigenvalue weighted by Gasteiger charge is 2.38. The van der Waals surface area contributed by atoms with E-state index in [-0.39, 0.29) is 23.5 Å². The molecule has 5 nitrogen and oxygen atoms in total. The lowest BCUT2D eigenvalue weighted by Gasteiger charge is -2.10. The maximum absolute atomic E-state index is 10.6. The van der Waals surface area contributed by atoms with E-state index in [0.29, 0.717) is 0 Å². The summed E-state index contributed by atoms with van der Waals surface area (Å²) < 4.78 is 31.7. The molecule has 3 N–H and O–H groups in total. The van der Waals surface area contributed by atoms with Crippen molar-refractivity contribution in [2.24, 2.45) is 0 Å². The van der Waals surface area contributed by atoms with Crippen LogP contribution in [0.4, 0.5) is 13.2 Å². The zero-order valence-corrected chi connectivity index (χ0v) is 11.6. The first kappa shape index (κ1) is 19.3. The predicted octanol–water partition coefficient (Wildman–Crippen LogP) is 3.17. The van der Waals surface area contributed by atoms with Crippen LogP contribution in [-0.4, -0.2) is 32.7 Å². The second kappa shape index (κ2) is 7.94. The largest absolute Gasteiger partial charge is 0.507 e. The Bertz CT molecular complexity index is 499. The molecule has 1 aromatic carbocycles. The van der Waals surface area contributed by atoms with Crippen LogP contribution in [0, 0.1) is 0 Å². The van der Waals surface area contributed by atoms with Gasteiger partial charge in [0.25, 0.3) is 0 Å². The van der Waals surface area contributed by atoms with Gasteiger partial charge in [0.1, 0.15) is 11.5 Å². The summed E-state index contributed by atoms with van der Waals surface area (Å²) in [5.74, 6) is -3.06. The van der Waals surface area contributed by atoms with Crippen molar-refractivity contribution in [3.8, 4) is 11.5 Å². The van der Waals surface area contributed by atoms with Crippen molar-refractivity contribution in [1.82, 2.24) is 0 Å².